The van der Waals surface area contributed by atoms with Gasteiger partial charge in [0, 0.05) is 0 Å². The summed E-state index contributed by atoms with van der Waals surface area (Å²) in [6.45, 7) is 12.5. The number of benzene rings is 2. The normalized spacial score (nSPS) is 10.6. The van der Waals surface area contributed by atoms with Crippen LogP contribution in [0.1, 0.15) is 84.1 Å². The monoisotopic (exact) mass is 430 g/mol. The summed E-state index contributed by atoms with van der Waals surface area (Å²) in [5.41, 5.74) is 11.5. The number of hydrogen-bond donors (Lipinski definition) is 0. The second-order valence-corrected chi connectivity index (χ2v) is 8.07. The van der Waals surface area contributed by atoms with E-state index in [1.165, 1.54) is 82.5 Å². The van der Waals surface area contributed by atoms with Crippen molar-refractivity contribution in [3.05, 3.63) is 64.2 Å². The third-order valence-electron chi connectivity index (χ3n) is 4.84. The molecule has 3 rings (SSSR count). The van der Waals surface area contributed by atoms with Crippen LogP contribution < -0.4 is 0 Å². The van der Waals surface area contributed by atoms with E-state index in [9.17, 15) is 0 Å². The number of aryl methyl sites for hydroxylation is 2. The molecule has 0 saturated carbocycles. The third-order valence-corrected chi connectivity index (χ3v) is 5.65. The summed E-state index contributed by atoms with van der Waals surface area (Å²) < 4.78 is 0. The van der Waals surface area contributed by atoms with Crippen molar-refractivity contribution in [1.29, 1.82) is 0 Å². The summed E-state index contributed by atoms with van der Waals surface area (Å²) in [5.74, 6) is 0. The first-order chi connectivity index (χ1) is 13.7. The lowest BCUT2D eigenvalue weighted by atomic mass is 9.96. The van der Waals surface area contributed by atoms with E-state index in [2.05, 4.69) is 68.7 Å². The molecule has 1 aliphatic carbocycles. The van der Waals surface area contributed by atoms with Crippen LogP contribution in [0.3, 0.4) is 0 Å². The van der Waals surface area contributed by atoms with Crippen molar-refractivity contribution in [3.8, 4) is 11.1 Å². The molecule has 0 aromatic heterocycles. The van der Waals surface area contributed by atoms with Crippen molar-refractivity contribution in [1.82, 2.24) is 0 Å². The van der Waals surface area contributed by atoms with Crippen LogP contribution in [0.25, 0.3) is 16.7 Å². The third kappa shape index (κ3) is 7.05. The van der Waals surface area contributed by atoms with Gasteiger partial charge in [0.05, 0.1) is 0 Å². The van der Waals surface area contributed by atoms with Crippen LogP contribution in [0.4, 0.5) is 0 Å². The molecular formula is C27H44P2. The Morgan fingerprint density at radius 2 is 1.03 bits per heavy atom. The Morgan fingerprint density at radius 1 is 0.655 bits per heavy atom. The number of hydrogen-bond acceptors (Lipinski definition) is 0. The van der Waals surface area contributed by atoms with Crippen LogP contribution in [0.15, 0.2) is 42.0 Å². The minimum atomic E-state index is 0. The van der Waals surface area contributed by atoms with E-state index in [-0.39, 0.29) is 7.43 Å². The van der Waals surface area contributed by atoms with Gasteiger partial charge in [0.15, 0.2) is 0 Å². The lowest BCUT2D eigenvalue weighted by molar-refractivity contribution is 0.933. The van der Waals surface area contributed by atoms with Crippen molar-refractivity contribution in [2.24, 2.45) is 0 Å². The van der Waals surface area contributed by atoms with E-state index >= 15 is 0 Å². The summed E-state index contributed by atoms with van der Waals surface area (Å²) in [6, 6.07) is 14.2. The summed E-state index contributed by atoms with van der Waals surface area (Å²) in [5, 5.41) is 0. The number of rotatable bonds is 6. The highest BCUT2D eigenvalue weighted by Crippen LogP contribution is 2.46. The SMILES string of the molecule is C.CC.CC.CC(C)=C1c2cc(CCCP)ccc2-c2ccc(CCCP)cc21. The molecule has 29 heavy (non-hydrogen) atoms. The van der Waals surface area contributed by atoms with Gasteiger partial charge >= 0.3 is 0 Å². The molecule has 2 heteroatoms. The van der Waals surface area contributed by atoms with Crippen LogP contribution >= 0.6 is 18.5 Å². The van der Waals surface area contributed by atoms with Gasteiger partial charge in [-0.15, -0.1) is 18.5 Å². The van der Waals surface area contributed by atoms with Crippen LogP contribution in [-0.2, 0) is 12.8 Å². The molecule has 0 bridgehead atoms. The molecule has 0 amide bonds. The highest BCUT2D eigenvalue weighted by molar-refractivity contribution is 7.16. The van der Waals surface area contributed by atoms with Gasteiger partial charge < -0.3 is 0 Å². The molecule has 162 valence electrons. The molecule has 2 atom stereocenters. The summed E-state index contributed by atoms with van der Waals surface area (Å²) >= 11 is 0. The Balaban J connectivity index is 0.00000148. The second-order valence-electron chi connectivity index (χ2n) is 6.92. The predicted molar refractivity (Wildman–Crippen MR) is 144 cm³/mol. The summed E-state index contributed by atoms with van der Waals surface area (Å²) in [6.07, 6.45) is 7.16. The summed E-state index contributed by atoms with van der Waals surface area (Å²) in [4.78, 5) is 0. The average molecular weight is 431 g/mol. The average Bonchev–Trinajstić information content (AvgIpc) is 3.06. The van der Waals surface area contributed by atoms with Crippen molar-refractivity contribution in [3.63, 3.8) is 0 Å². The number of fused-ring (bicyclic) bond motifs is 3. The first kappa shape index (κ1) is 28.0. The highest BCUT2D eigenvalue weighted by atomic mass is 31.0. The van der Waals surface area contributed by atoms with Crippen molar-refractivity contribution in [2.45, 2.75) is 74.7 Å². The van der Waals surface area contributed by atoms with Crippen LogP contribution in [0.2, 0.25) is 0 Å². The predicted octanol–water partition coefficient (Wildman–Crippen LogP) is 8.81. The van der Waals surface area contributed by atoms with Gasteiger partial charge in [0.1, 0.15) is 0 Å². The van der Waals surface area contributed by atoms with Crippen molar-refractivity contribution < 1.29 is 0 Å². The van der Waals surface area contributed by atoms with Gasteiger partial charge in [0.2, 0.25) is 0 Å². The lowest BCUT2D eigenvalue weighted by Crippen LogP contribution is -1.91. The quantitative estimate of drug-likeness (QED) is 0.343. The molecule has 0 nitrogen and oxygen atoms in total. The fourth-order valence-corrected chi connectivity index (χ4v) is 4.08. The smallest absolute Gasteiger partial charge is 0.00969 e. The van der Waals surface area contributed by atoms with Crippen molar-refractivity contribution >= 4 is 24.1 Å². The molecule has 2 aromatic rings. The minimum Gasteiger partial charge on any atom is -0.138 e. The highest BCUT2D eigenvalue weighted by Gasteiger charge is 2.24. The fourth-order valence-electron chi connectivity index (χ4n) is 3.67. The van der Waals surface area contributed by atoms with E-state index in [1.54, 1.807) is 0 Å². The first-order valence-corrected chi connectivity index (χ1v) is 12.6. The molecule has 1 aliphatic rings. The second kappa shape index (κ2) is 14.9. The zero-order valence-electron chi connectivity index (χ0n) is 18.9. The van der Waals surface area contributed by atoms with E-state index in [1.807, 2.05) is 27.7 Å². The molecule has 2 unspecified atom stereocenters. The van der Waals surface area contributed by atoms with Gasteiger partial charge in [-0.25, -0.2) is 0 Å². The molecule has 0 radical (unpaired) electrons. The van der Waals surface area contributed by atoms with Gasteiger partial charge in [0.25, 0.3) is 0 Å². The Hall–Kier alpha value is -0.960. The molecule has 0 heterocycles. The molecule has 0 saturated heterocycles. The molecular weight excluding hydrogens is 386 g/mol. The zero-order chi connectivity index (χ0) is 21.1. The summed E-state index contributed by atoms with van der Waals surface area (Å²) in [7, 11) is 5.67. The molecule has 0 N–H and O–H groups in total. The van der Waals surface area contributed by atoms with Crippen molar-refractivity contribution in [2.75, 3.05) is 12.3 Å². The van der Waals surface area contributed by atoms with E-state index in [0.717, 1.165) is 0 Å². The molecule has 0 aliphatic heterocycles. The molecule has 0 fully saturated rings. The van der Waals surface area contributed by atoms with E-state index in [4.69, 9.17) is 0 Å². The van der Waals surface area contributed by atoms with Crippen LogP contribution in [0.5, 0.6) is 0 Å². The maximum Gasteiger partial charge on any atom is -0.00969 e. The standard InChI is InChI=1S/C22H28P2.2C2H6.CH4/c1-15(2)22-20-13-16(5-3-11-23)7-9-18(20)19-10-8-17(6-4-12-24)14-21(19)22;2*1-2;/h7-10,13-14H,3-6,11-12,23-24H2,1-2H3;2*1-2H3;1H4. The maximum atomic E-state index is 2.83. The molecule has 0 spiro atoms. The van der Waals surface area contributed by atoms with E-state index in [0.29, 0.717) is 0 Å². The van der Waals surface area contributed by atoms with Gasteiger partial charge in [-0.3, -0.25) is 0 Å². The van der Waals surface area contributed by atoms with E-state index < -0.39 is 0 Å². The Labute approximate surface area is 186 Å². The zero-order valence-corrected chi connectivity index (χ0v) is 21.2. The van der Waals surface area contributed by atoms with Gasteiger partial charge in [-0.05, 0) is 90.8 Å². The Kier molecular flexibility index (Phi) is 14.4. The fraction of sp³-hybridized carbons (Fsp3) is 0.481. The van der Waals surface area contributed by atoms with Crippen LogP contribution in [0, 0.1) is 0 Å². The first-order valence-electron chi connectivity index (χ1n) is 11.0. The topological polar surface area (TPSA) is 0 Å². The minimum absolute atomic E-state index is 0. The Bertz CT molecular complexity index is 709. The van der Waals surface area contributed by atoms with Gasteiger partial charge in [-0.2, -0.15) is 0 Å². The van der Waals surface area contributed by atoms with Gasteiger partial charge in [-0.1, -0.05) is 77.1 Å². The number of allylic oxidation sites excluding steroid dienone is 1. The lowest BCUT2D eigenvalue weighted by Gasteiger charge is -2.09. The van der Waals surface area contributed by atoms with Crippen LogP contribution in [-0.4, -0.2) is 12.3 Å². The Morgan fingerprint density at radius 3 is 1.34 bits per heavy atom. The largest absolute Gasteiger partial charge is 0.138 e. The maximum absolute atomic E-state index is 2.83. The molecule has 2 aromatic carbocycles.